The number of benzene rings is 2. The maximum atomic E-state index is 12.2. The van der Waals surface area contributed by atoms with E-state index in [0.717, 1.165) is 66.8 Å². The Morgan fingerprint density at radius 1 is 1.03 bits per heavy atom. The molecule has 0 unspecified atom stereocenters. The lowest BCUT2D eigenvalue weighted by atomic mass is 10.0. The first-order chi connectivity index (χ1) is 16.9. The molecule has 0 atom stereocenters. The smallest absolute Gasteiger partial charge is 0.191 e. The van der Waals surface area contributed by atoms with Gasteiger partial charge in [0.25, 0.3) is 0 Å². The Balaban J connectivity index is 1.14. The van der Waals surface area contributed by atoms with Gasteiger partial charge in [-0.1, -0.05) is 43.0 Å². The van der Waals surface area contributed by atoms with Gasteiger partial charge in [-0.05, 0) is 61.2 Å². The normalized spacial score (nSPS) is 14.8. The van der Waals surface area contributed by atoms with Crippen molar-refractivity contribution >= 4 is 32.5 Å². The summed E-state index contributed by atoms with van der Waals surface area (Å²) in [5.41, 5.74) is 4.54. The molecule has 0 bridgehead atoms. The molecule has 5 rings (SSSR count). The zero-order valence-electron chi connectivity index (χ0n) is 20.2. The lowest BCUT2D eigenvalue weighted by Crippen LogP contribution is -2.27. The number of fused-ring (bicyclic) bond motifs is 2. The fourth-order valence-electron chi connectivity index (χ4n) is 4.65. The molecule has 184 valence electrons. The molecule has 1 aliphatic heterocycles. The molecule has 1 N–H and O–H groups in total. The van der Waals surface area contributed by atoms with Crippen molar-refractivity contribution < 1.29 is 8.42 Å². The third-order valence-electron chi connectivity index (χ3n) is 6.77. The van der Waals surface area contributed by atoms with Crippen LogP contribution >= 0.6 is 11.8 Å². The molecule has 0 saturated carbocycles. The van der Waals surface area contributed by atoms with Gasteiger partial charge in [0.1, 0.15) is 0 Å². The van der Waals surface area contributed by atoms with E-state index < -0.39 is 9.84 Å². The minimum absolute atomic E-state index is 0.143. The number of hydrogen-bond acceptors (Lipinski definition) is 6. The molecule has 1 aliphatic rings. The van der Waals surface area contributed by atoms with Crippen LogP contribution in [0.1, 0.15) is 24.5 Å². The quantitative estimate of drug-likeness (QED) is 0.281. The van der Waals surface area contributed by atoms with Crippen molar-refractivity contribution in [3.8, 4) is 11.5 Å². The number of rotatable bonds is 8. The Bertz CT molecular complexity index is 1410. The molecular formula is C26H31N5O2S2. The second-order valence-electron chi connectivity index (χ2n) is 9.01. The van der Waals surface area contributed by atoms with Gasteiger partial charge in [-0.15, -0.1) is 10.2 Å². The maximum Gasteiger partial charge on any atom is 0.191 e. The van der Waals surface area contributed by atoms with Crippen LogP contribution in [0.15, 0.2) is 58.6 Å². The first-order valence-corrected chi connectivity index (χ1v) is 14.8. The van der Waals surface area contributed by atoms with E-state index in [1.807, 2.05) is 31.3 Å². The molecule has 4 aromatic rings. The van der Waals surface area contributed by atoms with Crippen LogP contribution in [-0.2, 0) is 29.7 Å². The second-order valence-corrected chi connectivity index (χ2v) is 12.4. The van der Waals surface area contributed by atoms with Crippen molar-refractivity contribution in [3.63, 3.8) is 0 Å². The third-order valence-corrected chi connectivity index (χ3v) is 9.61. The summed E-state index contributed by atoms with van der Waals surface area (Å²) in [5.74, 6) is 1.96. The molecule has 0 saturated heterocycles. The highest BCUT2D eigenvalue weighted by Crippen LogP contribution is 2.26. The summed E-state index contributed by atoms with van der Waals surface area (Å²) in [5, 5.41) is 10.9. The van der Waals surface area contributed by atoms with Crippen molar-refractivity contribution in [1.29, 1.82) is 0 Å². The van der Waals surface area contributed by atoms with E-state index in [9.17, 15) is 8.42 Å². The summed E-state index contributed by atoms with van der Waals surface area (Å²) < 4.78 is 26.6. The van der Waals surface area contributed by atoms with E-state index in [1.54, 1.807) is 24.8 Å². The molecule has 0 amide bonds. The van der Waals surface area contributed by atoms with Gasteiger partial charge in [-0.25, -0.2) is 8.42 Å². The maximum absolute atomic E-state index is 12.2. The number of sulfone groups is 1. The molecule has 0 aliphatic carbocycles. The molecule has 0 radical (unpaired) electrons. The fraction of sp³-hybridized carbons (Fsp3) is 0.385. The summed E-state index contributed by atoms with van der Waals surface area (Å²) in [6.07, 6.45) is 2.92. The first-order valence-electron chi connectivity index (χ1n) is 12.1. The van der Waals surface area contributed by atoms with Crippen LogP contribution in [0, 0.1) is 0 Å². The number of aromatic amines is 1. The van der Waals surface area contributed by atoms with E-state index >= 15 is 0 Å². The van der Waals surface area contributed by atoms with E-state index in [1.165, 1.54) is 16.5 Å². The monoisotopic (exact) mass is 509 g/mol. The lowest BCUT2D eigenvalue weighted by Gasteiger charge is -2.19. The Morgan fingerprint density at radius 2 is 1.83 bits per heavy atom. The molecule has 0 spiro atoms. The van der Waals surface area contributed by atoms with Crippen LogP contribution in [0.2, 0.25) is 0 Å². The Hall–Kier alpha value is -2.62. The summed E-state index contributed by atoms with van der Waals surface area (Å²) >= 11 is 1.74. The van der Waals surface area contributed by atoms with Crippen LogP contribution in [0.3, 0.4) is 0 Å². The highest BCUT2D eigenvalue weighted by Gasteiger charge is 2.18. The molecule has 35 heavy (non-hydrogen) atoms. The topological polar surface area (TPSA) is 83.9 Å². The van der Waals surface area contributed by atoms with Gasteiger partial charge >= 0.3 is 0 Å². The standard InChI is InChI=1S/C26H31N5O2S2/c1-3-35(32,33)22-10-9-19-11-14-31(15-12-20(19)17-22)13-6-16-34-26-29-28-25(30(26)2)24-18-21-7-4-5-8-23(21)27-24/h4-5,7-10,17-18,27H,3,6,11-16H2,1-2H3. The van der Waals surface area contributed by atoms with Crippen LogP contribution < -0.4 is 0 Å². The number of nitrogens with zero attached hydrogens (tertiary/aromatic N) is 4. The Kier molecular flexibility index (Phi) is 7.00. The minimum atomic E-state index is -3.16. The van der Waals surface area contributed by atoms with Crippen LogP contribution in [0.4, 0.5) is 0 Å². The predicted molar refractivity (Wildman–Crippen MR) is 142 cm³/mol. The summed E-state index contributed by atoms with van der Waals surface area (Å²) in [4.78, 5) is 6.38. The first kappa shape index (κ1) is 24.1. The van der Waals surface area contributed by atoms with Crippen LogP contribution in [0.5, 0.6) is 0 Å². The average Bonchev–Trinajstić information content (AvgIpc) is 3.39. The molecule has 7 nitrogen and oxygen atoms in total. The third kappa shape index (κ3) is 5.17. The van der Waals surface area contributed by atoms with E-state index in [2.05, 4.69) is 42.8 Å². The molecular weight excluding hydrogens is 478 g/mol. The summed E-state index contributed by atoms with van der Waals surface area (Å²) in [6, 6.07) is 16.0. The van der Waals surface area contributed by atoms with Crippen LogP contribution in [0.25, 0.3) is 22.4 Å². The van der Waals surface area contributed by atoms with E-state index in [4.69, 9.17) is 0 Å². The molecule has 3 heterocycles. The van der Waals surface area contributed by atoms with Gasteiger partial charge in [-0.3, -0.25) is 0 Å². The summed E-state index contributed by atoms with van der Waals surface area (Å²) in [7, 11) is -1.14. The van der Waals surface area contributed by atoms with Crippen molar-refractivity contribution in [3.05, 3.63) is 59.7 Å². The van der Waals surface area contributed by atoms with Gasteiger partial charge in [0.2, 0.25) is 0 Å². The van der Waals surface area contributed by atoms with Gasteiger partial charge in [0, 0.05) is 36.8 Å². The number of hydrogen-bond donors (Lipinski definition) is 1. The van der Waals surface area contributed by atoms with E-state index in [0.29, 0.717) is 4.90 Å². The Morgan fingerprint density at radius 3 is 2.63 bits per heavy atom. The number of H-pyrrole nitrogens is 1. The molecule has 2 aromatic carbocycles. The van der Waals surface area contributed by atoms with Crippen molar-refractivity contribution in [2.75, 3.05) is 31.1 Å². The van der Waals surface area contributed by atoms with Gasteiger partial charge in [-0.2, -0.15) is 0 Å². The minimum Gasteiger partial charge on any atom is -0.352 e. The highest BCUT2D eigenvalue weighted by molar-refractivity contribution is 7.99. The molecule has 0 fully saturated rings. The van der Waals surface area contributed by atoms with Crippen molar-refractivity contribution in [2.45, 2.75) is 36.2 Å². The number of thioether (sulfide) groups is 1. The van der Waals surface area contributed by atoms with Gasteiger partial charge in [0.05, 0.1) is 16.3 Å². The Labute approximate surface area is 210 Å². The largest absolute Gasteiger partial charge is 0.352 e. The fourth-order valence-corrected chi connectivity index (χ4v) is 6.42. The zero-order chi connectivity index (χ0) is 24.4. The van der Waals surface area contributed by atoms with Gasteiger partial charge in [0.15, 0.2) is 20.8 Å². The average molecular weight is 510 g/mol. The highest BCUT2D eigenvalue weighted by atomic mass is 32.2. The van der Waals surface area contributed by atoms with E-state index in [-0.39, 0.29) is 5.75 Å². The predicted octanol–water partition coefficient (Wildman–Crippen LogP) is 4.34. The van der Waals surface area contributed by atoms with Crippen molar-refractivity contribution in [1.82, 2.24) is 24.6 Å². The zero-order valence-corrected chi connectivity index (χ0v) is 21.8. The van der Waals surface area contributed by atoms with Crippen molar-refractivity contribution in [2.24, 2.45) is 7.05 Å². The number of para-hydroxylation sites is 1. The number of aromatic nitrogens is 4. The second kappa shape index (κ2) is 10.2. The van der Waals surface area contributed by atoms with Crippen LogP contribution in [-0.4, -0.2) is 64.2 Å². The SMILES string of the molecule is CCS(=O)(=O)c1ccc2c(c1)CCN(CCCSc1nnc(-c3cc4ccccc4[nH]3)n1C)CC2. The number of nitrogens with one attached hydrogen (secondary N) is 1. The molecule has 2 aromatic heterocycles. The molecule has 9 heteroatoms. The lowest BCUT2D eigenvalue weighted by molar-refractivity contribution is 0.289. The van der Waals surface area contributed by atoms with Gasteiger partial charge < -0.3 is 14.5 Å². The summed E-state index contributed by atoms with van der Waals surface area (Å²) in [6.45, 7) is 4.69.